The predicted molar refractivity (Wildman–Crippen MR) is 51.4 cm³/mol. The summed E-state index contributed by atoms with van der Waals surface area (Å²) in [7, 11) is 0. The Morgan fingerprint density at radius 2 is 2.07 bits per heavy atom. The summed E-state index contributed by atoms with van der Waals surface area (Å²) < 4.78 is 25.2. The van der Waals surface area contributed by atoms with Gasteiger partial charge in [-0.3, -0.25) is 4.79 Å². The van der Waals surface area contributed by atoms with Crippen LogP contribution in [0.25, 0.3) is 0 Å². The van der Waals surface area contributed by atoms with Gasteiger partial charge in [-0.2, -0.15) is 8.78 Å². The highest BCUT2D eigenvalue weighted by Gasteiger charge is 2.34. The van der Waals surface area contributed by atoms with Crippen LogP contribution in [-0.4, -0.2) is 11.7 Å². The molecular formula is C11H18F2O. The second-order valence-electron chi connectivity index (χ2n) is 4.65. The quantitative estimate of drug-likeness (QED) is 0.688. The van der Waals surface area contributed by atoms with E-state index in [1.165, 1.54) is 6.42 Å². The Balaban J connectivity index is 2.40. The first-order valence-corrected chi connectivity index (χ1v) is 5.30. The van der Waals surface area contributed by atoms with Crippen molar-refractivity contribution in [3.63, 3.8) is 0 Å². The number of hydrogen-bond donors (Lipinski definition) is 0. The van der Waals surface area contributed by atoms with E-state index in [-0.39, 0.29) is 12.3 Å². The SMILES string of the molecule is CC1CCCC(CC(=O)C(C)(F)F)C1. The molecular weight excluding hydrogens is 186 g/mol. The number of carbonyl (C=O) groups is 1. The summed E-state index contributed by atoms with van der Waals surface area (Å²) in [6, 6.07) is 0. The fourth-order valence-corrected chi connectivity index (χ4v) is 2.19. The van der Waals surface area contributed by atoms with Crippen molar-refractivity contribution < 1.29 is 13.6 Å². The highest BCUT2D eigenvalue weighted by atomic mass is 19.3. The average molecular weight is 204 g/mol. The lowest BCUT2D eigenvalue weighted by atomic mass is 9.79. The molecule has 0 heterocycles. The maximum absolute atomic E-state index is 12.6. The van der Waals surface area contributed by atoms with Crippen LogP contribution in [0.1, 0.15) is 46.0 Å². The smallest absolute Gasteiger partial charge is 0.293 e. The lowest BCUT2D eigenvalue weighted by Gasteiger charge is -2.26. The highest BCUT2D eigenvalue weighted by Crippen LogP contribution is 2.32. The normalized spacial score (nSPS) is 28.9. The van der Waals surface area contributed by atoms with Crippen LogP contribution in [-0.2, 0) is 4.79 Å². The van der Waals surface area contributed by atoms with E-state index < -0.39 is 11.7 Å². The second kappa shape index (κ2) is 4.37. The van der Waals surface area contributed by atoms with E-state index in [2.05, 4.69) is 6.92 Å². The van der Waals surface area contributed by atoms with Gasteiger partial charge in [0.15, 0.2) is 0 Å². The summed E-state index contributed by atoms with van der Waals surface area (Å²) >= 11 is 0. The van der Waals surface area contributed by atoms with Crippen molar-refractivity contribution >= 4 is 5.78 Å². The van der Waals surface area contributed by atoms with E-state index in [1.54, 1.807) is 0 Å². The Bertz CT molecular complexity index is 208. The average Bonchev–Trinajstić information content (AvgIpc) is 2.02. The Labute approximate surface area is 83.9 Å². The maximum atomic E-state index is 12.6. The van der Waals surface area contributed by atoms with Crippen molar-refractivity contribution in [2.75, 3.05) is 0 Å². The van der Waals surface area contributed by atoms with Crippen molar-refractivity contribution in [1.82, 2.24) is 0 Å². The standard InChI is InChI=1S/C11H18F2O/c1-8-4-3-5-9(6-8)7-10(14)11(2,12)13/h8-9H,3-7H2,1-2H3. The molecule has 14 heavy (non-hydrogen) atoms. The fourth-order valence-electron chi connectivity index (χ4n) is 2.19. The summed E-state index contributed by atoms with van der Waals surface area (Å²) in [5.74, 6) is -3.25. The summed E-state index contributed by atoms with van der Waals surface area (Å²) in [6.07, 6.45) is 4.18. The number of Topliss-reactive ketones (excluding diaryl/α,β-unsaturated/α-hetero) is 1. The molecule has 0 radical (unpaired) electrons. The largest absolute Gasteiger partial charge is 0.302 e. The van der Waals surface area contributed by atoms with Crippen molar-refractivity contribution in [2.24, 2.45) is 11.8 Å². The third kappa shape index (κ3) is 3.35. The van der Waals surface area contributed by atoms with Gasteiger partial charge >= 0.3 is 5.92 Å². The first kappa shape index (κ1) is 11.6. The van der Waals surface area contributed by atoms with Crippen LogP contribution in [0.4, 0.5) is 8.78 Å². The molecule has 0 bridgehead atoms. The van der Waals surface area contributed by atoms with Gasteiger partial charge in [0.2, 0.25) is 5.78 Å². The minimum absolute atomic E-state index is 0.0633. The number of carbonyl (C=O) groups excluding carboxylic acids is 1. The van der Waals surface area contributed by atoms with Crippen LogP contribution < -0.4 is 0 Å². The fraction of sp³-hybridized carbons (Fsp3) is 0.909. The zero-order valence-electron chi connectivity index (χ0n) is 8.85. The molecule has 3 heteroatoms. The molecule has 0 spiro atoms. The molecule has 2 unspecified atom stereocenters. The Kier molecular flexibility index (Phi) is 3.62. The van der Waals surface area contributed by atoms with Crippen LogP contribution in [0.3, 0.4) is 0 Å². The molecule has 0 aromatic carbocycles. The first-order valence-electron chi connectivity index (χ1n) is 5.30. The second-order valence-corrected chi connectivity index (χ2v) is 4.65. The van der Waals surface area contributed by atoms with Gasteiger partial charge in [-0.1, -0.05) is 26.2 Å². The van der Waals surface area contributed by atoms with E-state index in [0.717, 1.165) is 19.3 Å². The van der Waals surface area contributed by atoms with Crippen molar-refractivity contribution in [3.05, 3.63) is 0 Å². The zero-order chi connectivity index (χ0) is 10.8. The van der Waals surface area contributed by atoms with Crippen LogP contribution in [0.2, 0.25) is 0 Å². The minimum atomic E-state index is -3.14. The monoisotopic (exact) mass is 204 g/mol. The molecule has 0 aromatic heterocycles. The predicted octanol–water partition coefficient (Wildman–Crippen LogP) is 3.43. The van der Waals surface area contributed by atoms with Crippen LogP contribution in [0.15, 0.2) is 0 Å². The van der Waals surface area contributed by atoms with E-state index in [0.29, 0.717) is 12.8 Å². The van der Waals surface area contributed by atoms with Gasteiger partial charge < -0.3 is 0 Å². The van der Waals surface area contributed by atoms with E-state index >= 15 is 0 Å². The Hall–Kier alpha value is -0.470. The number of hydrogen-bond acceptors (Lipinski definition) is 1. The maximum Gasteiger partial charge on any atom is 0.302 e. The lowest BCUT2D eigenvalue weighted by molar-refractivity contribution is -0.141. The molecule has 82 valence electrons. The summed E-state index contributed by atoms with van der Waals surface area (Å²) in [6.45, 7) is 2.82. The molecule has 0 aliphatic heterocycles. The van der Waals surface area contributed by atoms with Gasteiger partial charge in [-0.05, 0) is 18.3 Å². The van der Waals surface area contributed by atoms with Crippen LogP contribution in [0, 0.1) is 11.8 Å². The van der Waals surface area contributed by atoms with Gasteiger partial charge in [0.25, 0.3) is 0 Å². The van der Waals surface area contributed by atoms with Crippen molar-refractivity contribution in [3.8, 4) is 0 Å². The molecule has 1 fully saturated rings. The topological polar surface area (TPSA) is 17.1 Å². The molecule has 0 aromatic rings. The van der Waals surface area contributed by atoms with Gasteiger partial charge in [-0.25, -0.2) is 0 Å². The number of ketones is 1. The third-order valence-electron chi connectivity index (χ3n) is 3.01. The van der Waals surface area contributed by atoms with Crippen molar-refractivity contribution in [1.29, 1.82) is 0 Å². The summed E-state index contributed by atoms with van der Waals surface area (Å²) in [4.78, 5) is 11.1. The molecule has 2 atom stereocenters. The van der Waals surface area contributed by atoms with Crippen LogP contribution in [0.5, 0.6) is 0 Å². The van der Waals surface area contributed by atoms with E-state index in [4.69, 9.17) is 0 Å². The molecule has 1 aliphatic carbocycles. The molecule has 1 nitrogen and oxygen atoms in total. The molecule has 1 saturated carbocycles. The summed E-state index contributed by atoms with van der Waals surface area (Å²) in [5.41, 5.74) is 0. The first-order chi connectivity index (χ1) is 6.39. The number of alkyl halides is 2. The minimum Gasteiger partial charge on any atom is -0.293 e. The van der Waals surface area contributed by atoms with Crippen LogP contribution >= 0.6 is 0 Å². The molecule has 0 saturated heterocycles. The highest BCUT2D eigenvalue weighted by molar-refractivity contribution is 5.85. The summed E-state index contributed by atoms with van der Waals surface area (Å²) in [5, 5.41) is 0. The number of rotatable bonds is 3. The molecule has 0 amide bonds. The zero-order valence-corrected chi connectivity index (χ0v) is 8.85. The van der Waals surface area contributed by atoms with Gasteiger partial charge in [0, 0.05) is 13.3 Å². The molecule has 1 rings (SSSR count). The van der Waals surface area contributed by atoms with Gasteiger partial charge in [-0.15, -0.1) is 0 Å². The van der Waals surface area contributed by atoms with Gasteiger partial charge in [0.1, 0.15) is 0 Å². The van der Waals surface area contributed by atoms with E-state index in [1.807, 2.05) is 0 Å². The number of halogens is 2. The molecule has 1 aliphatic rings. The molecule has 0 N–H and O–H groups in total. The van der Waals surface area contributed by atoms with Gasteiger partial charge in [0.05, 0.1) is 0 Å². The Morgan fingerprint density at radius 1 is 1.43 bits per heavy atom. The third-order valence-corrected chi connectivity index (χ3v) is 3.01. The lowest BCUT2D eigenvalue weighted by Crippen LogP contribution is -2.28. The Morgan fingerprint density at radius 3 is 2.57 bits per heavy atom. The van der Waals surface area contributed by atoms with E-state index in [9.17, 15) is 13.6 Å². The van der Waals surface area contributed by atoms with Crippen molar-refractivity contribution in [2.45, 2.75) is 51.9 Å².